The van der Waals surface area contributed by atoms with Crippen LogP contribution in [0.15, 0.2) is 60.7 Å². The van der Waals surface area contributed by atoms with Gasteiger partial charge in [-0.2, -0.15) is 0 Å². The SMILES string of the molecule is Oc1ccc(C2=CCN(C[C@H](O)COc3ccccc3)CC2)cc1. The number of para-hydroxylation sites is 1. The lowest BCUT2D eigenvalue weighted by Crippen LogP contribution is -2.38. The van der Waals surface area contributed by atoms with Gasteiger partial charge in [-0.3, -0.25) is 4.90 Å². The molecule has 0 saturated heterocycles. The van der Waals surface area contributed by atoms with E-state index in [0.717, 1.165) is 30.8 Å². The summed E-state index contributed by atoms with van der Waals surface area (Å²) >= 11 is 0. The third kappa shape index (κ3) is 4.60. The molecule has 0 radical (unpaired) electrons. The number of phenols is 1. The standard InChI is InChI=1S/C20H23NO3/c22-18-8-6-16(7-9-18)17-10-12-21(13-11-17)14-19(23)15-24-20-4-2-1-3-5-20/h1-10,19,22-23H,11-15H2/t19-/m0/s1. The fraction of sp³-hybridized carbons (Fsp3) is 0.300. The highest BCUT2D eigenvalue weighted by Crippen LogP contribution is 2.24. The summed E-state index contributed by atoms with van der Waals surface area (Å²) in [5, 5.41) is 19.5. The van der Waals surface area contributed by atoms with Crippen molar-refractivity contribution < 1.29 is 14.9 Å². The van der Waals surface area contributed by atoms with Crippen LogP contribution < -0.4 is 4.74 Å². The minimum absolute atomic E-state index is 0.290. The highest BCUT2D eigenvalue weighted by atomic mass is 16.5. The van der Waals surface area contributed by atoms with Crippen molar-refractivity contribution in [3.05, 3.63) is 66.2 Å². The van der Waals surface area contributed by atoms with Crippen LogP contribution >= 0.6 is 0 Å². The molecule has 2 aromatic carbocycles. The molecule has 126 valence electrons. The topological polar surface area (TPSA) is 52.9 Å². The Balaban J connectivity index is 1.46. The summed E-state index contributed by atoms with van der Waals surface area (Å²) in [7, 11) is 0. The molecule has 1 atom stereocenters. The maximum Gasteiger partial charge on any atom is 0.119 e. The number of β-amino-alcohol motifs (C(OH)–C–C–N with tert-alkyl or cyclic N) is 1. The minimum atomic E-state index is -0.506. The molecule has 0 unspecified atom stereocenters. The van der Waals surface area contributed by atoms with Gasteiger partial charge in [0.05, 0.1) is 0 Å². The molecule has 0 aromatic heterocycles. The van der Waals surface area contributed by atoms with Crippen LogP contribution in [0.3, 0.4) is 0 Å². The lowest BCUT2D eigenvalue weighted by molar-refractivity contribution is 0.0717. The first-order valence-corrected chi connectivity index (χ1v) is 8.27. The number of aliphatic hydroxyl groups is 1. The van der Waals surface area contributed by atoms with Crippen LogP contribution in [0.5, 0.6) is 11.5 Å². The molecule has 0 aliphatic carbocycles. The van der Waals surface area contributed by atoms with Gasteiger partial charge in [0.25, 0.3) is 0 Å². The van der Waals surface area contributed by atoms with Gasteiger partial charge >= 0.3 is 0 Å². The molecule has 2 aromatic rings. The average molecular weight is 325 g/mol. The number of phenolic OH excluding ortho intramolecular Hbond substituents is 1. The molecule has 0 bridgehead atoms. The number of hydrogen-bond acceptors (Lipinski definition) is 4. The van der Waals surface area contributed by atoms with Gasteiger partial charge in [0.15, 0.2) is 0 Å². The van der Waals surface area contributed by atoms with Crippen LogP contribution in [0.1, 0.15) is 12.0 Å². The summed E-state index contributed by atoms with van der Waals surface area (Å²) in [5.74, 6) is 1.07. The summed E-state index contributed by atoms with van der Waals surface area (Å²) in [6.45, 7) is 2.63. The number of aliphatic hydroxyl groups excluding tert-OH is 1. The molecule has 4 heteroatoms. The molecular formula is C20H23NO3. The van der Waals surface area contributed by atoms with Gasteiger partial charge in [0.1, 0.15) is 24.2 Å². The van der Waals surface area contributed by atoms with Crippen molar-refractivity contribution in [2.75, 3.05) is 26.2 Å². The quantitative estimate of drug-likeness (QED) is 0.857. The van der Waals surface area contributed by atoms with Gasteiger partial charge in [0.2, 0.25) is 0 Å². The second kappa shape index (κ2) is 7.99. The number of nitrogens with zero attached hydrogens (tertiary/aromatic N) is 1. The van der Waals surface area contributed by atoms with Crippen molar-refractivity contribution >= 4 is 5.57 Å². The minimum Gasteiger partial charge on any atom is -0.508 e. The Hall–Kier alpha value is -2.30. The summed E-state index contributed by atoms with van der Waals surface area (Å²) in [6.07, 6.45) is 2.63. The Labute approximate surface area is 142 Å². The second-order valence-corrected chi connectivity index (χ2v) is 6.06. The maximum atomic E-state index is 10.2. The number of aromatic hydroxyl groups is 1. The summed E-state index contributed by atoms with van der Waals surface area (Å²) < 4.78 is 5.60. The monoisotopic (exact) mass is 325 g/mol. The van der Waals surface area contributed by atoms with Gasteiger partial charge < -0.3 is 14.9 Å². The smallest absolute Gasteiger partial charge is 0.119 e. The zero-order valence-corrected chi connectivity index (χ0v) is 13.6. The van der Waals surface area contributed by atoms with E-state index in [2.05, 4.69) is 11.0 Å². The largest absolute Gasteiger partial charge is 0.508 e. The van der Waals surface area contributed by atoms with Crippen molar-refractivity contribution in [3.8, 4) is 11.5 Å². The zero-order valence-electron chi connectivity index (χ0n) is 13.6. The van der Waals surface area contributed by atoms with E-state index in [1.54, 1.807) is 12.1 Å². The summed E-state index contributed by atoms with van der Waals surface area (Å²) in [6, 6.07) is 16.9. The summed E-state index contributed by atoms with van der Waals surface area (Å²) in [4.78, 5) is 2.23. The van der Waals surface area contributed by atoms with Crippen molar-refractivity contribution in [2.45, 2.75) is 12.5 Å². The number of benzene rings is 2. The van der Waals surface area contributed by atoms with E-state index in [1.165, 1.54) is 5.57 Å². The zero-order chi connectivity index (χ0) is 16.8. The summed E-state index contributed by atoms with van der Waals surface area (Å²) in [5.41, 5.74) is 2.45. The van der Waals surface area contributed by atoms with Crippen molar-refractivity contribution in [1.82, 2.24) is 4.90 Å². The molecule has 2 N–H and O–H groups in total. The van der Waals surface area contributed by atoms with E-state index in [0.29, 0.717) is 18.9 Å². The Bertz CT molecular complexity index is 667. The van der Waals surface area contributed by atoms with E-state index in [4.69, 9.17) is 4.74 Å². The molecule has 3 rings (SSSR count). The Kier molecular flexibility index (Phi) is 5.51. The first-order chi connectivity index (χ1) is 11.7. The van der Waals surface area contributed by atoms with Crippen molar-refractivity contribution in [2.24, 2.45) is 0 Å². The molecule has 4 nitrogen and oxygen atoms in total. The van der Waals surface area contributed by atoms with Crippen LogP contribution in [-0.2, 0) is 0 Å². The third-order valence-corrected chi connectivity index (χ3v) is 4.19. The second-order valence-electron chi connectivity index (χ2n) is 6.06. The molecule has 1 aliphatic rings. The first-order valence-electron chi connectivity index (χ1n) is 8.27. The van der Waals surface area contributed by atoms with Crippen LogP contribution in [0, 0.1) is 0 Å². The lowest BCUT2D eigenvalue weighted by Gasteiger charge is -2.28. The highest BCUT2D eigenvalue weighted by Gasteiger charge is 2.16. The predicted molar refractivity (Wildman–Crippen MR) is 95.1 cm³/mol. The number of ether oxygens (including phenoxy) is 1. The average Bonchev–Trinajstić information content (AvgIpc) is 2.62. The third-order valence-electron chi connectivity index (χ3n) is 4.19. The lowest BCUT2D eigenvalue weighted by atomic mass is 9.99. The van der Waals surface area contributed by atoms with E-state index in [9.17, 15) is 10.2 Å². The molecule has 0 saturated carbocycles. The maximum absolute atomic E-state index is 10.2. The molecule has 0 fully saturated rings. The normalized spacial score (nSPS) is 16.5. The molecular weight excluding hydrogens is 302 g/mol. The Morgan fingerprint density at radius 2 is 1.79 bits per heavy atom. The molecule has 0 spiro atoms. The highest BCUT2D eigenvalue weighted by molar-refractivity contribution is 5.67. The van der Waals surface area contributed by atoms with Crippen molar-refractivity contribution in [1.29, 1.82) is 0 Å². The van der Waals surface area contributed by atoms with Gasteiger partial charge in [-0.05, 0) is 41.8 Å². The van der Waals surface area contributed by atoms with E-state index >= 15 is 0 Å². The van der Waals surface area contributed by atoms with Crippen LogP contribution in [-0.4, -0.2) is 47.5 Å². The number of hydrogen-bond donors (Lipinski definition) is 2. The van der Waals surface area contributed by atoms with Crippen LogP contribution in [0.4, 0.5) is 0 Å². The van der Waals surface area contributed by atoms with Crippen LogP contribution in [0.25, 0.3) is 5.57 Å². The van der Waals surface area contributed by atoms with Crippen LogP contribution in [0.2, 0.25) is 0 Å². The number of rotatable bonds is 6. The van der Waals surface area contributed by atoms with Crippen molar-refractivity contribution in [3.63, 3.8) is 0 Å². The Morgan fingerprint density at radius 1 is 1.04 bits per heavy atom. The molecule has 1 aliphatic heterocycles. The molecule has 0 amide bonds. The van der Waals surface area contributed by atoms with Gasteiger partial charge in [-0.25, -0.2) is 0 Å². The van der Waals surface area contributed by atoms with E-state index < -0.39 is 6.10 Å². The van der Waals surface area contributed by atoms with E-state index in [-0.39, 0.29) is 0 Å². The van der Waals surface area contributed by atoms with Gasteiger partial charge in [-0.15, -0.1) is 0 Å². The van der Waals surface area contributed by atoms with Gasteiger partial charge in [-0.1, -0.05) is 36.4 Å². The predicted octanol–water partition coefficient (Wildman–Crippen LogP) is 2.92. The van der Waals surface area contributed by atoms with E-state index in [1.807, 2.05) is 42.5 Å². The first kappa shape index (κ1) is 16.6. The van der Waals surface area contributed by atoms with Gasteiger partial charge in [0, 0.05) is 19.6 Å². The molecule has 24 heavy (non-hydrogen) atoms. The fourth-order valence-corrected chi connectivity index (χ4v) is 2.87. The Morgan fingerprint density at radius 3 is 2.46 bits per heavy atom. The fourth-order valence-electron chi connectivity index (χ4n) is 2.87. The molecule has 1 heterocycles.